The van der Waals surface area contributed by atoms with Crippen molar-refractivity contribution < 1.29 is 4.39 Å². The van der Waals surface area contributed by atoms with Crippen LogP contribution in [0.3, 0.4) is 0 Å². The lowest BCUT2D eigenvalue weighted by atomic mass is 9.97. The van der Waals surface area contributed by atoms with Crippen LogP contribution in [0.1, 0.15) is 36.3 Å². The third-order valence-corrected chi connectivity index (χ3v) is 7.90. The lowest BCUT2D eigenvalue weighted by molar-refractivity contribution is 0.319. The van der Waals surface area contributed by atoms with E-state index in [9.17, 15) is 4.39 Å². The number of thioether (sulfide) groups is 1. The quantitative estimate of drug-likeness (QED) is 0.397. The second-order valence-corrected chi connectivity index (χ2v) is 10.0. The van der Waals surface area contributed by atoms with Crippen LogP contribution in [-0.2, 0) is 7.05 Å². The van der Waals surface area contributed by atoms with Gasteiger partial charge in [0.15, 0.2) is 11.0 Å². The molecule has 5 nitrogen and oxygen atoms in total. The molecule has 2 atom stereocenters. The molecule has 1 aliphatic heterocycles. The topological polar surface area (TPSA) is 46.8 Å². The van der Waals surface area contributed by atoms with Gasteiger partial charge >= 0.3 is 0 Å². The first kappa shape index (κ1) is 20.6. The minimum absolute atomic E-state index is 0.0222. The van der Waals surface area contributed by atoms with E-state index in [0.29, 0.717) is 11.3 Å². The van der Waals surface area contributed by atoms with Crippen molar-refractivity contribution in [1.29, 1.82) is 0 Å². The van der Waals surface area contributed by atoms with Crippen molar-refractivity contribution in [3.05, 3.63) is 59.7 Å². The van der Waals surface area contributed by atoms with Gasteiger partial charge in [-0.1, -0.05) is 23.9 Å². The normalized spacial score (nSPS) is 23.0. The zero-order valence-corrected chi connectivity index (χ0v) is 18.9. The predicted octanol–water partition coefficient (Wildman–Crippen LogP) is 4.69. The standard InChI is InChI=1S/C24H28FN5S/c1-17-6-7-19(21(25)13-17)20-14-24(20)8-11-30(16-24)10-4-12-31-23-28-27-22(29(23)2)18-5-3-9-26-15-18/h3,5-7,9,13,15,20H,4,8,10-12,14,16H2,1-2H3/t20-,24+/m0/s1. The fourth-order valence-corrected chi connectivity index (χ4v) is 5.80. The first-order valence-electron chi connectivity index (χ1n) is 11.0. The summed E-state index contributed by atoms with van der Waals surface area (Å²) in [5.41, 5.74) is 3.22. The molecule has 1 spiro atoms. The maximum Gasteiger partial charge on any atom is 0.191 e. The highest BCUT2D eigenvalue weighted by molar-refractivity contribution is 7.99. The summed E-state index contributed by atoms with van der Waals surface area (Å²) in [4.78, 5) is 6.73. The summed E-state index contributed by atoms with van der Waals surface area (Å²) in [7, 11) is 2.01. The van der Waals surface area contributed by atoms with Crippen molar-refractivity contribution in [1.82, 2.24) is 24.6 Å². The Balaban J connectivity index is 1.10. The summed E-state index contributed by atoms with van der Waals surface area (Å²) in [5.74, 6) is 2.24. The zero-order chi connectivity index (χ0) is 21.4. The fraction of sp³-hybridized carbons (Fsp3) is 0.458. The number of benzene rings is 1. The van der Waals surface area contributed by atoms with Crippen LogP contribution in [0.4, 0.5) is 4.39 Å². The van der Waals surface area contributed by atoms with Gasteiger partial charge in [0.2, 0.25) is 0 Å². The van der Waals surface area contributed by atoms with E-state index < -0.39 is 0 Å². The van der Waals surface area contributed by atoms with Gasteiger partial charge in [-0.2, -0.15) is 0 Å². The van der Waals surface area contributed by atoms with Crippen LogP contribution >= 0.6 is 11.8 Å². The van der Waals surface area contributed by atoms with E-state index in [1.165, 1.54) is 6.42 Å². The summed E-state index contributed by atoms with van der Waals surface area (Å²) < 4.78 is 16.4. The van der Waals surface area contributed by atoms with Crippen molar-refractivity contribution in [2.75, 3.05) is 25.4 Å². The second kappa shape index (κ2) is 8.36. The molecule has 7 heteroatoms. The molecule has 1 saturated heterocycles. The van der Waals surface area contributed by atoms with Crippen molar-refractivity contribution in [2.24, 2.45) is 12.5 Å². The minimum Gasteiger partial charge on any atom is -0.305 e. The van der Waals surface area contributed by atoms with Crippen LogP contribution in [0, 0.1) is 18.2 Å². The molecule has 2 aliphatic rings. The van der Waals surface area contributed by atoms with Crippen LogP contribution in [0.5, 0.6) is 0 Å². The number of likely N-dealkylation sites (tertiary alicyclic amines) is 1. The molecule has 0 amide bonds. The first-order valence-corrected chi connectivity index (χ1v) is 12.0. The molecule has 1 aliphatic carbocycles. The number of pyridine rings is 1. The average Bonchev–Trinajstić information content (AvgIpc) is 3.10. The number of aryl methyl sites for hydroxylation is 1. The van der Waals surface area contributed by atoms with Gasteiger partial charge in [0, 0.05) is 37.3 Å². The molecule has 1 saturated carbocycles. The molecule has 2 aromatic heterocycles. The third-order valence-electron chi connectivity index (χ3n) is 6.79. The summed E-state index contributed by atoms with van der Waals surface area (Å²) in [6.07, 6.45) is 7.01. The Kier molecular flexibility index (Phi) is 5.56. The fourth-order valence-electron chi connectivity index (χ4n) is 4.97. The highest BCUT2D eigenvalue weighted by Gasteiger charge is 2.58. The molecule has 0 radical (unpaired) electrons. The number of hydrogen-bond donors (Lipinski definition) is 0. The van der Waals surface area contributed by atoms with Crippen LogP contribution in [0.25, 0.3) is 11.4 Å². The zero-order valence-electron chi connectivity index (χ0n) is 18.1. The van der Waals surface area contributed by atoms with Crippen molar-refractivity contribution >= 4 is 11.8 Å². The first-order chi connectivity index (χ1) is 15.1. The van der Waals surface area contributed by atoms with Crippen molar-refractivity contribution in [2.45, 2.75) is 37.3 Å². The molecule has 3 aromatic rings. The number of rotatable bonds is 7. The second-order valence-electron chi connectivity index (χ2n) is 8.98. The van der Waals surface area contributed by atoms with E-state index in [4.69, 9.17) is 0 Å². The van der Waals surface area contributed by atoms with Gasteiger partial charge in [-0.05, 0) is 79.9 Å². The lowest BCUT2D eigenvalue weighted by Gasteiger charge is -2.16. The van der Waals surface area contributed by atoms with Gasteiger partial charge in [-0.25, -0.2) is 4.39 Å². The molecule has 0 bridgehead atoms. The molecular formula is C24H28FN5S. The monoisotopic (exact) mass is 437 g/mol. The smallest absolute Gasteiger partial charge is 0.191 e. The summed E-state index contributed by atoms with van der Waals surface area (Å²) in [6.45, 7) is 5.27. The maximum atomic E-state index is 14.4. The maximum absolute atomic E-state index is 14.4. The SMILES string of the molecule is Cc1ccc([C@@H]2C[C@@]23CCN(CCCSc2nnc(-c4cccnc4)n2C)C3)c(F)c1. The van der Waals surface area contributed by atoms with Gasteiger partial charge in [-0.3, -0.25) is 4.98 Å². The highest BCUT2D eigenvalue weighted by Crippen LogP contribution is 2.64. The van der Waals surface area contributed by atoms with E-state index in [2.05, 4.69) is 20.1 Å². The number of aromatic nitrogens is 4. The molecule has 3 heterocycles. The van der Waals surface area contributed by atoms with Crippen LogP contribution in [0.15, 0.2) is 47.9 Å². The Morgan fingerprint density at radius 1 is 1.26 bits per heavy atom. The highest BCUT2D eigenvalue weighted by atomic mass is 32.2. The molecule has 31 heavy (non-hydrogen) atoms. The van der Waals surface area contributed by atoms with Gasteiger partial charge in [0.1, 0.15) is 5.82 Å². The van der Waals surface area contributed by atoms with Crippen LogP contribution in [-0.4, -0.2) is 50.0 Å². The van der Waals surface area contributed by atoms with E-state index in [-0.39, 0.29) is 5.82 Å². The van der Waals surface area contributed by atoms with Crippen LogP contribution in [0.2, 0.25) is 0 Å². The minimum atomic E-state index is -0.0222. The number of nitrogens with zero attached hydrogens (tertiary/aromatic N) is 5. The van der Waals surface area contributed by atoms with Gasteiger partial charge < -0.3 is 9.47 Å². The Morgan fingerprint density at radius 2 is 2.16 bits per heavy atom. The Morgan fingerprint density at radius 3 is 2.97 bits per heavy atom. The molecular weight excluding hydrogens is 409 g/mol. The van der Waals surface area contributed by atoms with Crippen molar-refractivity contribution in [3.8, 4) is 11.4 Å². The van der Waals surface area contributed by atoms with E-state index in [0.717, 1.165) is 65.9 Å². The Bertz CT molecular complexity index is 1070. The number of hydrogen-bond acceptors (Lipinski definition) is 5. The summed E-state index contributed by atoms with van der Waals surface area (Å²) in [5, 5.41) is 9.62. The molecule has 162 valence electrons. The Labute approximate surface area is 187 Å². The summed E-state index contributed by atoms with van der Waals surface area (Å²) >= 11 is 1.75. The van der Waals surface area contributed by atoms with Gasteiger partial charge in [-0.15, -0.1) is 10.2 Å². The third kappa shape index (κ3) is 4.13. The molecule has 5 rings (SSSR count). The molecule has 0 N–H and O–H groups in total. The van der Waals surface area contributed by atoms with Crippen molar-refractivity contribution in [3.63, 3.8) is 0 Å². The van der Waals surface area contributed by atoms with Gasteiger partial charge in [0.05, 0.1) is 0 Å². The molecule has 0 unspecified atom stereocenters. The van der Waals surface area contributed by atoms with E-state index >= 15 is 0 Å². The largest absolute Gasteiger partial charge is 0.305 e. The van der Waals surface area contributed by atoms with E-state index in [1.54, 1.807) is 24.0 Å². The lowest BCUT2D eigenvalue weighted by Crippen LogP contribution is -2.23. The molecule has 1 aromatic carbocycles. The van der Waals surface area contributed by atoms with E-state index in [1.807, 2.05) is 49.0 Å². The number of halogens is 1. The molecule has 2 fully saturated rings. The average molecular weight is 438 g/mol. The van der Waals surface area contributed by atoms with Gasteiger partial charge in [0.25, 0.3) is 0 Å². The predicted molar refractivity (Wildman–Crippen MR) is 122 cm³/mol. The summed E-state index contributed by atoms with van der Waals surface area (Å²) in [6, 6.07) is 9.64. The van der Waals surface area contributed by atoms with Crippen LogP contribution < -0.4 is 0 Å². The Hall–Kier alpha value is -2.25.